The second kappa shape index (κ2) is 5.27. The molecule has 0 aliphatic carbocycles. The number of amides is 1. The zero-order chi connectivity index (χ0) is 10.4. The van der Waals surface area contributed by atoms with Gasteiger partial charge in [-0.2, -0.15) is 0 Å². The van der Waals surface area contributed by atoms with E-state index in [1.54, 1.807) is 6.26 Å². The second-order valence-corrected chi connectivity index (χ2v) is 3.31. The third-order valence-corrected chi connectivity index (χ3v) is 1.77. The van der Waals surface area contributed by atoms with Crippen molar-refractivity contribution in [3.8, 4) is 0 Å². The molecule has 0 aliphatic rings. The van der Waals surface area contributed by atoms with Crippen LogP contribution < -0.4 is 5.32 Å². The van der Waals surface area contributed by atoms with Gasteiger partial charge in [-0.25, -0.2) is 0 Å². The van der Waals surface area contributed by atoms with Crippen molar-refractivity contribution in [3.05, 3.63) is 36.3 Å². The molecular formula is C11H15NO2. The molecule has 76 valence electrons. The molecule has 1 N–H and O–H groups in total. The smallest absolute Gasteiger partial charge is 0.220 e. The van der Waals surface area contributed by atoms with E-state index in [4.69, 9.17) is 4.42 Å². The van der Waals surface area contributed by atoms with Gasteiger partial charge in [0.15, 0.2) is 0 Å². The quantitative estimate of drug-likeness (QED) is 0.726. The van der Waals surface area contributed by atoms with Gasteiger partial charge in [0.05, 0.1) is 6.26 Å². The fraction of sp³-hybridized carbons (Fsp3) is 0.364. The van der Waals surface area contributed by atoms with Gasteiger partial charge in [0, 0.05) is 19.4 Å². The number of carbonyl (C=O) groups is 1. The third kappa shape index (κ3) is 3.94. The molecule has 1 aromatic rings. The maximum Gasteiger partial charge on any atom is 0.220 e. The van der Waals surface area contributed by atoms with Gasteiger partial charge in [-0.15, -0.1) is 0 Å². The van der Waals surface area contributed by atoms with Gasteiger partial charge in [0.25, 0.3) is 0 Å². The molecule has 0 fully saturated rings. The maximum absolute atomic E-state index is 11.2. The van der Waals surface area contributed by atoms with E-state index < -0.39 is 0 Å². The molecule has 1 aromatic heterocycles. The number of hydrogen-bond donors (Lipinski definition) is 1. The van der Waals surface area contributed by atoms with Crippen LogP contribution in [0.2, 0.25) is 0 Å². The number of furan rings is 1. The van der Waals surface area contributed by atoms with Crippen LogP contribution in [0.5, 0.6) is 0 Å². The standard InChI is InChI=1S/C11H15NO2/c1-9(2)8-12-11(13)6-5-10-4-3-7-14-10/h3-4,7H,1,5-6,8H2,2H3,(H,12,13). The Morgan fingerprint density at radius 2 is 2.43 bits per heavy atom. The van der Waals surface area contributed by atoms with E-state index in [-0.39, 0.29) is 5.91 Å². The maximum atomic E-state index is 11.2. The van der Waals surface area contributed by atoms with Crippen molar-refractivity contribution in [1.82, 2.24) is 5.32 Å². The van der Waals surface area contributed by atoms with Gasteiger partial charge >= 0.3 is 0 Å². The number of hydrogen-bond acceptors (Lipinski definition) is 2. The molecule has 14 heavy (non-hydrogen) atoms. The Kier molecular flexibility index (Phi) is 3.98. The molecule has 0 unspecified atom stereocenters. The van der Waals surface area contributed by atoms with Crippen molar-refractivity contribution >= 4 is 5.91 Å². The second-order valence-electron chi connectivity index (χ2n) is 3.31. The van der Waals surface area contributed by atoms with Crippen LogP contribution in [-0.4, -0.2) is 12.5 Å². The average Bonchev–Trinajstić information content (AvgIpc) is 2.63. The van der Waals surface area contributed by atoms with Crippen LogP contribution in [0.4, 0.5) is 0 Å². The molecule has 0 saturated heterocycles. The minimum Gasteiger partial charge on any atom is -0.469 e. The van der Waals surface area contributed by atoms with Gasteiger partial charge < -0.3 is 9.73 Å². The number of nitrogens with one attached hydrogen (secondary N) is 1. The molecule has 0 aromatic carbocycles. The van der Waals surface area contributed by atoms with Crippen molar-refractivity contribution in [2.24, 2.45) is 0 Å². The molecule has 0 radical (unpaired) electrons. The summed E-state index contributed by atoms with van der Waals surface area (Å²) in [6, 6.07) is 3.69. The first kappa shape index (κ1) is 10.6. The molecule has 1 rings (SSSR count). The van der Waals surface area contributed by atoms with Gasteiger partial charge in [-0.1, -0.05) is 12.2 Å². The predicted octanol–water partition coefficient (Wildman–Crippen LogP) is 1.90. The Labute approximate surface area is 83.8 Å². The van der Waals surface area contributed by atoms with Gasteiger partial charge in [-0.3, -0.25) is 4.79 Å². The number of rotatable bonds is 5. The monoisotopic (exact) mass is 193 g/mol. The molecule has 3 nitrogen and oxygen atoms in total. The Hall–Kier alpha value is -1.51. The Balaban J connectivity index is 2.18. The van der Waals surface area contributed by atoms with E-state index >= 15 is 0 Å². The molecular weight excluding hydrogens is 178 g/mol. The zero-order valence-electron chi connectivity index (χ0n) is 8.38. The van der Waals surface area contributed by atoms with E-state index in [1.807, 2.05) is 19.1 Å². The first-order chi connectivity index (χ1) is 6.68. The van der Waals surface area contributed by atoms with Gasteiger partial charge in [-0.05, 0) is 19.1 Å². The van der Waals surface area contributed by atoms with E-state index in [9.17, 15) is 4.79 Å². The highest BCUT2D eigenvalue weighted by atomic mass is 16.3. The first-order valence-corrected chi connectivity index (χ1v) is 4.62. The molecule has 0 bridgehead atoms. The fourth-order valence-electron chi connectivity index (χ4n) is 1.03. The summed E-state index contributed by atoms with van der Waals surface area (Å²) in [5.41, 5.74) is 0.955. The van der Waals surface area contributed by atoms with Crippen LogP contribution in [0.15, 0.2) is 35.0 Å². The van der Waals surface area contributed by atoms with Crippen molar-refractivity contribution in [2.75, 3.05) is 6.54 Å². The van der Waals surface area contributed by atoms with Crippen LogP contribution in [0.1, 0.15) is 19.1 Å². The van der Waals surface area contributed by atoms with Crippen molar-refractivity contribution in [1.29, 1.82) is 0 Å². The summed E-state index contributed by atoms with van der Waals surface area (Å²) in [7, 11) is 0. The van der Waals surface area contributed by atoms with Gasteiger partial charge in [0.1, 0.15) is 5.76 Å². The summed E-state index contributed by atoms with van der Waals surface area (Å²) in [4.78, 5) is 11.2. The SMILES string of the molecule is C=C(C)CNC(=O)CCc1ccco1. The zero-order valence-corrected chi connectivity index (χ0v) is 8.38. The van der Waals surface area contributed by atoms with Crippen LogP contribution >= 0.6 is 0 Å². The van der Waals surface area contributed by atoms with E-state index in [1.165, 1.54) is 0 Å². The summed E-state index contributed by atoms with van der Waals surface area (Å²) >= 11 is 0. The van der Waals surface area contributed by atoms with Crippen LogP contribution in [-0.2, 0) is 11.2 Å². The lowest BCUT2D eigenvalue weighted by Crippen LogP contribution is -2.24. The topological polar surface area (TPSA) is 42.2 Å². The fourth-order valence-corrected chi connectivity index (χ4v) is 1.03. The lowest BCUT2D eigenvalue weighted by Gasteiger charge is -2.02. The van der Waals surface area contributed by atoms with Crippen molar-refractivity contribution in [3.63, 3.8) is 0 Å². The third-order valence-electron chi connectivity index (χ3n) is 1.77. The predicted molar refractivity (Wildman–Crippen MR) is 54.9 cm³/mol. The Bertz CT molecular complexity index is 301. The van der Waals surface area contributed by atoms with Crippen LogP contribution in [0, 0.1) is 0 Å². The summed E-state index contributed by atoms with van der Waals surface area (Å²) in [5.74, 6) is 0.875. The molecule has 3 heteroatoms. The molecule has 1 amide bonds. The number of carbonyl (C=O) groups excluding carboxylic acids is 1. The highest BCUT2D eigenvalue weighted by molar-refractivity contribution is 5.76. The summed E-state index contributed by atoms with van der Waals surface area (Å²) in [6.07, 6.45) is 2.72. The van der Waals surface area contributed by atoms with Crippen molar-refractivity contribution in [2.45, 2.75) is 19.8 Å². The normalized spacial score (nSPS) is 9.79. The van der Waals surface area contributed by atoms with E-state index in [0.29, 0.717) is 19.4 Å². The van der Waals surface area contributed by atoms with Crippen LogP contribution in [0.25, 0.3) is 0 Å². The molecule has 0 aliphatic heterocycles. The minimum absolute atomic E-state index is 0.0319. The summed E-state index contributed by atoms with van der Waals surface area (Å²) in [5, 5.41) is 2.76. The minimum atomic E-state index is 0.0319. The summed E-state index contributed by atoms with van der Waals surface area (Å²) < 4.78 is 5.11. The summed E-state index contributed by atoms with van der Waals surface area (Å²) in [6.45, 7) is 6.14. The molecule has 0 spiro atoms. The molecule has 0 atom stereocenters. The first-order valence-electron chi connectivity index (χ1n) is 4.62. The Morgan fingerprint density at radius 3 is 3.00 bits per heavy atom. The van der Waals surface area contributed by atoms with E-state index in [0.717, 1.165) is 11.3 Å². The Morgan fingerprint density at radius 1 is 1.64 bits per heavy atom. The number of aryl methyl sites for hydroxylation is 1. The lowest BCUT2D eigenvalue weighted by molar-refractivity contribution is -0.120. The largest absolute Gasteiger partial charge is 0.469 e. The van der Waals surface area contributed by atoms with E-state index in [2.05, 4.69) is 11.9 Å². The van der Waals surface area contributed by atoms with Crippen molar-refractivity contribution < 1.29 is 9.21 Å². The van der Waals surface area contributed by atoms with Gasteiger partial charge in [0.2, 0.25) is 5.91 Å². The molecule has 0 saturated carbocycles. The highest BCUT2D eigenvalue weighted by Gasteiger charge is 2.02. The highest BCUT2D eigenvalue weighted by Crippen LogP contribution is 2.03. The average molecular weight is 193 g/mol. The lowest BCUT2D eigenvalue weighted by atomic mass is 10.2. The van der Waals surface area contributed by atoms with Crippen LogP contribution in [0.3, 0.4) is 0 Å². The molecule has 1 heterocycles.